The molecule has 114 valence electrons. The van der Waals surface area contributed by atoms with Crippen molar-refractivity contribution >= 4 is 15.9 Å². The fourth-order valence-corrected chi connectivity index (χ4v) is 4.57. The van der Waals surface area contributed by atoms with E-state index in [-0.39, 0.29) is 0 Å². The van der Waals surface area contributed by atoms with Gasteiger partial charge in [0.1, 0.15) is 0 Å². The van der Waals surface area contributed by atoms with Crippen LogP contribution in [-0.2, 0) is 12.8 Å². The molecule has 3 aliphatic rings. The SMILES string of the molecule is Brc1ccc2c(c1)CCC(N(CC1CCCN1)C1CC1)C2. The standard InChI is InChI=1S/C18H25BrN2/c19-15-5-3-14-11-18(6-4-13(14)10-15)21(17-7-8-17)12-16-2-1-9-20-16/h3,5,10,16-18,20H,1-2,4,6-9,11-12H2. The molecule has 2 fully saturated rings. The quantitative estimate of drug-likeness (QED) is 0.895. The lowest BCUT2D eigenvalue weighted by atomic mass is 9.87. The van der Waals surface area contributed by atoms with Crippen molar-refractivity contribution < 1.29 is 0 Å². The van der Waals surface area contributed by atoms with E-state index in [4.69, 9.17) is 0 Å². The average molecular weight is 349 g/mol. The van der Waals surface area contributed by atoms with Crippen LogP contribution in [0.4, 0.5) is 0 Å². The van der Waals surface area contributed by atoms with E-state index >= 15 is 0 Å². The average Bonchev–Trinajstić information content (AvgIpc) is 3.21. The molecule has 1 N–H and O–H groups in total. The van der Waals surface area contributed by atoms with Gasteiger partial charge in [0.25, 0.3) is 0 Å². The zero-order valence-electron chi connectivity index (χ0n) is 12.7. The molecule has 1 aromatic carbocycles. The number of hydrogen-bond donors (Lipinski definition) is 1. The van der Waals surface area contributed by atoms with E-state index in [0.29, 0.717) is 0 Å². The van der Waals surface area contributed by atoms with Crippen molar-refractivity contribution in [2.75, 3.05) is 13.1 Å². The largest absolute Gasteiger partial charge is 0.313 e. The number of nitrogens with one attached hydrogen (secondary N) is 1. The Balaban J connectivity index is 1.47. The van der Waals surface area contributed by atoms with Crippen LogP contribution < -0.4 is 5.32 Å². The smallest absolute Gasteiger partial charge is 0.0195 e. The normalized spacial score (nSPS) is 28.9. The predicted molar refractivity (Wildman–Crippen MR) is 90.7 cm³/mol. The lowest BCUT2D eigenvalue weighted by Gasteiger charge is -2.37. The van der Waals surface area contributed by atoms with Crippen LogP contribution in [0.2, 0.25) is 0 Å². The van der Waals surface area contributed by atoms with Gasteiger partial charge in [-0.2, -0.15) is 0 Å². The number of rotatable bonds is 4. The Bertz CT molecular complexity index is 506. The summed E-state index contributed by atoms with van der Waals surface area (Å²) in [6.07, 6.45) is 9.44. The number of halogens is 1. The summed E-state index contributed by atoms with van der Waals surface area (Å²) < 4.78 is 1.23. The molecule has 2 nitrogen and oxygen atoms in total. The predicted octanol–water partition coefficient (Wildman–Crippen LogP) is 3.52. The van der Waals surface area contributed by atoms with Gasteiger partial charge in [0.05, 0.1) is 0 Å². The molecular formula is C18H25BrN2. The zero-order valence-corrected chi connectivity index (χ0v) is 14.2. The van der Waals surface area contributed by atoms with E-state index in [2.05, 4.69) is 44.3 Å². The fourth-order valence-electron chi connectivity index (χ4n) is 4.16. The maximum Gasteiger partial charge on any atom is 0.0195 e. The molecule has 0 spiro atoms. The summed E-state index contributed by atoms with van der Waals surface area (Å²) in [5, 5.41) is 3.69. The number of aryl methyl sites for hydroxylation is 1. The van der Waals surface area contributed by atoms with E-state index in [1.807, 2.05) is 0 Å². The maximum absolute atomic E-state index is 3.69. The minimum absolute atomic E-state index is 0.747. The van der Waals surface area contributed by atoms with Crippen LogP contribution in [0.5, 0.6) is 0 Å². The van der Waals surface area contributed by atoms with E-state index in [1.54, 1.807) is 11.1 Å². The van der Waals surface area contributed by atoms with Crippen molar-refractivity contribution in [2.24, 2.45) is 0 Å². The topological polar surface area (TPSA) is 15.3 Å². The molecule has 4 rings (SSSR count). The first-order valence-corrected chi connectivity index (χ1v) is 9.35. The van der Waals surface area contributed by atoms with Gasteiger partial charge in [0, 0.05) is 29.1 Å². The van der Waals surface area contributed by atoms with Gasteiger partial charge in [-0.05, 0) is 74.8 Å². The van der Waals surface area contributed by atoms with E-state index in [1.165, 1.54) is 62.5 Å². The first-order chi connectivity index (χ1) is 10.3. The van der Waals surface area contributed by atoms with Crippen molar-refractivity contribution in [3.05, 3.63) is 33.8 Å². The number of hydrogen-bond acceptors (Lipinski definition) is 2. The number of benzene rings is 1. The van der Waals surface area contributed by atoms with Gasteiger partial charge in [0.2, 0.25) is 0 Å². The Labute approximate surface area is 136 Å². The Morgan fingerprint density at radius 1 is 1.10 bits per heavy atom. The molecule has 1 saturated carbocycles. The van der Waals surface area contributed by atoms with Gasteiger partial charge in [-0.25, -0.2) is 0 Å². The van der Waals surface area contributed by atoms with Crippen LogP contribution in [0.15, 0.2) is 22.7 Å². The highest BCUT2D eigenvalue weighted by Gasteiger charge is 2.36. The first-order valence-electron chi connectivity index (χ1n) is 8.56. The highest BCUT2D eigenvalue weighted by atomic mass is 79.9. The third-order valence-electron chi connectivity index (χ3n) is 5.45. The molecule has 0 amide bonds. The van der Waals surface area contributed by atoms with E-state index in [9.17, 15) is 0 Å². The second-order valence-corrected chi connectivity index (χ2v) is 7.95. The summed E-state index contributed by atoms with van der Waals surface area (Å²) in [7, 11) is 0. The Kier molecular flexibility index (Phi) is 4.08. The summed E-state index contributed by atoms with van der Waals surface area (Å²) in [5.41, 5.74) is 3.15. The first kappa shape index (κ1) is 14.2. The van der Waals surface area contributed by atoms with Crippen LogP contribution >= 0.6 is 15.9 Å². The van der Waals surface area contributed by atoms with Crippen molar-refractivity contribution in [1.82, 2.24) is 10.2 Å². The molecule has 3 heteroatoms. The molecule has 1 aromatic rings. The minimum Gasteiger partial charge on any atom is -0.313 e. The third kappa shape index (κ3) is 3.20. The van der Waals surface area contributed by atoms with Gasteiger partial charge >= 0.3 is 0 Å². The molecule has 21 heavy (non-hydrogen) atoms. The van der Waals surface area contributed by atoms with Gasteiger partial charge in [-0.1, -0.05) is 22.0 Å². The Morgan fingerprint density at radius 3 is 2.76 bits per heavy atom. The van der Waals surface area contributed by atoms with Crippen molar-refractivity contribution in [2.45, 2.75) is 63.1 Å². The molecule has 0 radical (unpaired) electrons. The zero-order chi connectivity index (χ0) is 14.2. The molecule has 1 heterocycles. The lowest BCUT2D eigenvalue weighted by molar-refractivity contribution is 0.155. The monoisotopic (exact) mass is 348 g/mol. The molecule has 1 aliphatic heterocycles. The number of fused-ring (bicyclic) bond motifs is 1. The minimum atomic E-state index is 0.747. The summed E-state index contributed by atoms with van der Waals surface area (Å²) in [5.74, 6) is 0. The molecule has 0 bridgehead atoms. The molecule has 2 unspecified atom stereocenters. The maximum atomic E-state index is 3.69. The second kappa shape index (κ2) is 6.02. The second-order valence-electron chi connectivity index (χ2n) is 7.03. The van der Waals surface area contributed by atoms with E-state index < -0.39 is 0 Å². The fraction of sp³-hybridized carbons (Fsp3) is 0.667. The highest BCUT2D eigenvalue weighted by Crippen LogP contribution is 2.34. The highest BCUT2D eigenvalue weighted by molar-refractivity contribution is 9.10. The molecule has 2 atom stereocenters. The van der Waals surface area contributed by atoms with Crippen molar-refractivity contribution in [1.29, 1.82) is 0 Å². The van der Waals surface area contributed by atoms with Crippen LogP contribution in [0, 0.1) is 0 Å². The third-order valence-corrected chi connectivity index (χ3v) is 5.94. The number of nitrogens with zero attached hydrogens (tertiary/aromatic N) is 1. The van der Waals surface area contributed by atoms with Crippen LogP contribution in [0.1, 0.15) is 43.2 Å². The van der Waals surface area contributed by atoms with Gasteiger partial charge in [-0.15, -0.1) is 0 Å². The van der Waals surface area contributed by atoms with Gasteiger partial charge in [0.15, 0.2) is 0 Å². The lowest BCUT2D eigenvalue weighted by Crippen LogP contribution is -2.46. The Hall–Kier alpha value is -0.380. The molecule has 2 aliphatic carbocycles. The van der Waals surface area contributed by atoms with Crippen LogP contribution in [-0.4, -0.2) is 36.1 Å². The van der Waals surface area contributed by atoms with Gasteiger partial charge in [-0.3, -0.25) is 4.90 Å². The van der Waals surface area contributed by atoms with Crippen molar-refractivity contribution in [3.8, 4) is 0 Å². The molecular weight excluding hydrogens is 324 g/mol. The van der Waals surface area contributed by atoms with Crippen LogP contribution in [0.3, 0.4) is 0 Å². The summed E-state index contributed by atoms with van der Waals surface area (Å²) in [6.45, 7) is 2.51. The summed E-state index contributed by atoms with van der Waals surface area (Å²) in [4.78, 5) is 2.86. The van der Waals surface area contributed by atoms with Gasteiger partial charge < -0.3 is 5.32 Å². The van der Waals surface area contributed by atoms with E-state index in [0.717, 1.165) is 18.1 Å². The van der Waals surface area contributed by atoms with Crippen molar-refractivity contribution in [3.63, 3.8) is 0 Å². The Morgan fingerprint density at radius 2 is 2.00 bits per heavy atom. The molecule has 1 saturated heterocycles. The summed E-state index contributed by atoms with van der Waals surface area (Å²) >= 11 is 3.61. The summed E-state index contributed by atoms with van der Waals surface area (Å²) in [6, 6.07) is 9.27. The van der Waals surface area contributed by atoms with Crippen LogP contribution in [0.25, 0.3) is 0 Å². The molecule has 0 aromatic heterocycles.